The van der Waals surface area contributed by atoms with Crippen LogP contribution in [-0.4, -0.2) is 34.3 Å². The highest BCUT2D eigenvalue weighted by Crippen LogP contribution is 2.25. The molecule has 0 N–H and O–H groups in total. The van der Waals surface area contributed by atoms with Crippen LogP contribution in [0.1, 0.15) is 27.6 Å². The van der Waals surface area contributed by atoms with Crippen molar-refractivity contribution in [3.05, 3.63) is 57.2 Å². The first-order valence-electron chi connectivity index (χ1n) is 6.90. The van der Waals surface area contributed by atoms with Gasteiger partial charge in [0.2, 0.25) is 5.95 Å². The molecule has 0 fully saturated rings. The van der Waals surface area contributed by atoms with Crippen LogP contribution >= 0.6 is 22.6 Å². The number of ether oxygens (including phenoxy) is 1. The molecule has 0 bridgehead atoms. The first-order chi connectivity index (χ1) is 11.0. The molecule has 1 aliphatic heterocycles. The summed E-state index contributed by atoms with van der Waals surface area (Å²) >= 11 is 1.94. The zero-order valence-corrected chi connectivity index (χ0v) is 14.3. The highest BCUT2D eigenvalue weighted by molar-refractivity contribution is 14.1. The van der Waals surface area contributed by atoms with Gasteiger partial charge in [-0.25, -0.2) is 4.98 Å². The summed E-state index contributed by atoms with van der Waals surface area (Å²) in [6.45, 7) is 1.83. The van der Waals surface area contributed by atoms with Crippen molar-refractivity contribution in [2.45, 2.75) is 13.0 Å². The molecule has 3 rings (SSSR count). The van der Waals surface area contributed by atoms with Gasteiger partial charge in [-0.1, -0.05) is 12.1 Å². The number of pyridine rings is 1. The number of aromatic nitrogens is 1. The van der Waals surface area contributed by atoms with Gasteiger partial charge in [0.15, 0.2) is 5.75 Å². The third kappa shape index (κ3) is 2.92. The van der Waals surface area contributed by atoms with Gasteiger partial charge in [0.1, 0.15) is 6.61 Å². The average Bonchev–Trinajstić information content (AvgIpc) is 2.78. The van der Waals surface area contributed by atoms with Gasteiger partial charge in [0, 0.05) is 6.07 Å². The molecule has 2 aromatic rings. The lowest BCUT2D eigenvalue weighted by atomic mass is 10.1. The molecule has 5 nitrogen and oxygen atoms in total. The number of carbonyl (C=O) groups is 2. The maximum absolute atomic E-state index is 13.0. The smallest absolute Gasteiger partial charge is 0.261 e. The molecule has 0 aliphatic carbocycles. The average molecular weight is 426 g/mol. The van der Waals surface area contributed by atoms with Crippen LogP contribution in [0.4, 0.5) is 4.39 Å². The van der Waals surface area contributed by atoms with Gasteiger partial charge in [0.05, 0.1) is 26.9 Å². The SMILES string of the molecule is CC(COc1cnc(F)cc1I)N1C(=O)c2ccccc2C1=O. The monoisotopic (exact) mass is 426 g/mol. The van der Waals surface area contributed by atoms with E-state index in [9.17, 15) is 14.0 Å². The summed E-state index contributed by atoms with van der Waals surface area (Å²) in [5, 5.41) is 0. The molecular formula is C16H12FIN2O3. The minimum absolute atomic E-state index is 0.106. The summed E-state index contributed by atoms with van der Waals surface area (Å²) in [6, 6.07) is 7.51. The van der Waals surface area contributed by atoms with Crippen molar-refractivity contribution in [3.8, 4) is 5.75 Å². The standard InChI is InChI=1S/C16H12FIN2O3/c1-9(8-23-13-7-19-14(17)6-12(13)18)20-15(21)10-4-2-3-5-11(10)16(20)22/h2-7,9H,8H2,1H3. The van der Waals surface area contributed by atoms with E-state index in [0.29, 0.717) is 20.4 Å². The number of benzene rings is 1. The number of rotatable bonds is 4. The molecular weight excluding hydrogens is 414 g/mol. The summed E-state index contributed by atoms with van der Waals surface area (Å²) in [5.74, 6) is -0.826. The quantitative estimate of drug-likeness (QED) is 0.429. The fourth-order valence-electron chi connectivity index (χ4n) is 2.39. The van der Waals surface area contributed by atoms with Crippen LogP contribution in [0.25, 0.3) is 0 Å². The van der Waals surface area contributed by atoms with Gasteiger partial charge in [-0.2, -0.15) is 4.39 Å². The number of hydrogen-bond acceptors (Lipinski definition) is 4. The van der Waals surface area contributed by atoms with Gasteiger partial charge in [0.25, 0.3) is 11.8 Å². The zero-order chi connectivity index (χ0) is 16.6. The number of hydrogen-bond donors (Lipinski definition) is 0. The van der Waals surface area contributed by atoms with Crippen molar-refractivity contribution in [2.75, 3.05) is 6.61 Å². The maximum Gasteiger partial charge on any atom is 0.261 e. The fourth-order valence-corrected chi connectivity index (χ4v) is 2.95. The molecule has 2 heterocycles. The van der Waals surface area contributed by atoms with Crippen LogP contribution in [-0.2, 0) is 0 Å². The molecule has 0 saturated carbocycles. The van der Waals surface area contributed by atoms with Crippen LogP contribution in [0, 0.1) is 9.52 Å². The largest absolute Gasteiger partial charge is 0.489 e. The van der Waals surface area contributed by atoms with Crippen LogP contribution in [0.2, 0.25) is 0 Å². The number of carbonyl (C=O) groups excluding carboxylic acids is 2. The summed E-state index contributed by atoms with van der Waals surface area (Å²) in [7, 11) is 0. The predicted octanol–water partition coefficient (Wildman–Crippen LogP) is 2.89. The van der Waals surface area contributed by atoms with E-state index in [1.807, 2.05) is 22.6 Å². The second-order valence-corrected chi connectivity index (χ2v) is 6.29. The molecule has 1 aromatic carbocycles. The van der Waals surface area contributed by atoms with E-state index in [-0.39, 0.29) is 18.4 Å². The zero-order valence-electron chi connectivity index (χ0n) is 12.1. The molecule has 1 aliphatic rings. The Morgan fingerprint density at radius 2 is 1.87 bits per heavy atom. The molecule has 7 heteroatoms. The van der Waals surface area contributed by atoms with Gasteiger partial charge in [-0.15, -0.1) is 0 Å². The molecule has 118 valence electrons. The first-order valence-corrected chi connectivity index (χ1v) is 7.97. The van der Waals surface area contributed by atoms with Crippen molar-refractivity contribution in [1.82, 2.24) is 9.88 Å². The van der Waals surface area contributed by atoms with E-state index in [0.717, 1.165) is 0 Å². The Kier molecular flexibility index (Phi) is 4.29. The lowest BCUT2D eigenvalue weighted by molar-refractivity contribution is 0.0550. The van der Waals surface area contributed by atoms with Crippen molar-refractivity contribution < 1.29 is 18.7 Å². The van der Waals surface area contributed by atoms with Crippen molar-refractivity contribution in [3.63, 3.8) is 0 Å². The molecule has 1 unspecified atom stereocenters. The second kappa shape index (κ2) is 6.23. The molecule has 23 heavy (non-hydrogen) atoms. The number of imide groups is 1. The third-order valence-electron chi connectivity index (χ3n) is 3.53. The minimum Gasteiger partial charge on any atom is -0.489 e. The molecule has 1 atom stereocenters. The van der Waals surface area contributed by atoms with Crippen LogP contribution in [0.15, 0.2) is 36.5 Å². The fraction of sp³-hybridized carbons (Fsp3) is 0.188. The van der Waals surface area contributed by atoms with E-state index >= 15 is 0 Å². The van der Waals surface area contributed by atoms with Crippen LogP contribution in [0.5, 0.6) is 5.75 Å². The van der Waals surface area contributed by atoms with E-state index in [1.165, 1.54) is 17.2 Å². The second-order valence-electron chi connectivity index (χ2n) is 5.12. The van der Waals surface area contributed by atoms with Crippen molar-refractivity contribution in [2.24, 2.45) is 0 Å². The Labute approximate surface area is 145 Å². The summed E-state index contributed by atoms with van der Waals surface area (Å²) in [5.41, 5.74) is 0.810. The molecule has 1 aromatic heterocycles. The van der Waals surface area contributed by atoms with Gasteiger partial charge in [-0.3, -0.25) is 14.5 Å². The van der Waals surface area contributed by atoms with Crippen LogP contribution < -0.4 is 4.74 Å². The number of nitrogens with zero attached hydrogens (tertiary/aromatic N) is 2. The highest BCUT2D eigenvalue weighted by atomic mass is 127. The summed E-state index contributed by atoms with van der Waals surface area (Å²) < 4.78 is 19.1. The normalized spacial score (nSPS) is 14.8. The Morgan fingerprint density at radius 3 is 2.43 bits per heavy atom. The lowest BCUT2D eigenvalue weighted by Crippen LogP contribution is -2.41. The maximum atomic E-state index is 13.0. The highest BCUT2D eigenvalue weighted by Gasteiger charge is 2.38. The third-order valence-corrected chi connectivity index (χ3v) is 4.38. The van der Waals surface area contributed by atoms with Crippen molar-refractivity contribution in [1.29, 1.82) is 0 Å². The summed E-state index contributed by atoms with van der Waals surface area (Å²) in [6.07, 6.45) is 1.28. The molecule has 0 saturated heterocycles. The Bertz CT molecular complexity index is 762. The van der Waals surface area contributed by atoms with Gasteiger partial charge < -0.3 is 4.74 Å². The van der Waals surface area contributed by atoms with Crippen molar-refractivity contribution >= 4 is 34.4 Å². The minimum atomic E-state index is -0.588. The lowest BCUT2D eigenvalue weighted by Gasteiger charge is -2.22. The molecule has 0 radical (unpaired) electrons. The van der Waals surface area contributed by atoms with Crippen LogP contribution in [0.3, 0.4) is 0 Å². The first kappa shape index (κ1) is 15.9. The number of fused-ring (bicyclic) bond motifs is 1. The number of amides is 2. The van der Waals surface area contributed by atoms with Gasteiger partial charge >= 0.3 is 0 Å². The number of halogens is 2. The van der Waals surface area contributed by atoms with E-state index in [2.05, 4.69) is 4.98 Å². The predicted molar refractivity (Wildman–Crippen MR) is 88.8 cm³/mol. The van der Waals surface area contributed by atoms with E-state index < -0.39 is 12.0 Å². The Morgan fingerprint density at radius 1 is 1.26 bits per heavy atom. The Balaban J connectivity index is 1.73. The molecule has 2 amide bonds. The summed E-state index contributed by atoms with van der Waals surface area (Å²) in [4.78, 5) is 29.4. The van der Waals surface area contributed by atoms with Gasteiger partial charge in [-0.05, 0) is 41.6 Å². The topological polar surface area (TPSA) is 59.5 Å². The Hall–Kier alpha value is -2.03. The van der Waals surface area contributed by atoms with E-state index in [1.54, 1.807) is 31.2 Å². The molecule has 0 spiro atoms. The van der Waals surface area contributed by atoms with E-state index in [4.69, 9.17) is 4.74 Å².